The van der Waals surface area contributed by atoms with Gasteiger partial charge in [0.1, 0.15) is 5.75 Å². The van der Waals surface area contributed by atoms with Crippen LogP contribution in [0.4, 0.5) is 0 Å². The van der Waals surface area contributed by atoms with Crippen LogP contribution < -0.4 is 15.8 Å². The third kappa shape index (κ3) is 4.86. The first-order chi connectivity index (χ1) is 10.0. The van der Waals surface area contributed by atoms with E-state index < -0.39 is 0 Å². The van der Waals surface area contributed by atoms with E-state index in [1.807, 2.05) is 25.1 Å². The Kier molecular flexibility index (Phi) is 7.66. The van der Waals surface area contributed by atoms with Crippen molar-refractivity contribution in [3.63, 3.8) is 0 Å². The van der Waals surface area contributed by atoms with Crippen LogP contribution >= 0.6 is 28.3 Å². The second-order valence-electron chi connectivity index (χ2n) is 5.75. The summed E-state index contributed by atoms with van der Waals surface area (Å²) < 4.78 is 6.11. The molecule has 4 nitrogen and oxygen atoms in total. The van der Waals surface area contributed by atoms with Crippen LogP contribution in [0.1, 0.15) is 44.2 Å². The highest BCUT2D eigenvalue weighted by Crippen LogP contribution is 2.29. The van der Waals surface area contributed by atoms with Gasteiger partial charge in [-0.2, -0.15) is 0 Å². The van der Waals surface area contributed by atoms with Crippen LogP contribution in [-0.4, -0.2) is 19.1 Å². The van der Waals surface area contributed by atoms with Gasteiger partial charge in [-0.1, -0.05) is 12.5 Å². The van der Waals surface area contributed by atoms with Crippen LogP contribution in [0, 0.1) is 5.92 Å². The third-order valence-corrected chi connectivity index (χ3v) is 4.74. The van der Waals surface area contributed by atoms with E-state index in [2.05, 4.69) is 21.2 Å². The first-order valence-electron chi connectivity index (χ1n) is 7.40. The number of carbonyl (C=O) groups is 1. The zero-order valence-electron chi connectivity index (χ0n) is 13.0. The van der Waals surface area contributed by atoms with Crippen molar-refractivity contribution < 1.29 is 9.53 Å². The number of rotatable bonds is 4. The summed E-state index contributed by atoms with van der Waals surface area (Å²) in [6, 6.07) is 5.99. The zero-order chi connectivity index (χ0) is 15.4. The fraction of sp³-hybridized carbons (Fsp3) is 0.562. The maximum Gasteiger partial charge on any atom is 0.223 e. The van der Waals surface area contributed by atoms with Gasteiger partial charge in [-0.25, -0.2) is 0 Å². The molecule has 3 unspecified atom stereocenters. The molecule has 1 aromatic carbocycles. The summed E-state index contributed by atoms with van der Waals surface area (Å²) in [5.74, 6) is 0.956. The van der Waals surface area contributed by atoms with Crippen molar-refractivity contribution >= 4 is 34.2 Å². The lowest BCUT2D eigenvalue weighted by Crippen LogP contribution is -2.38. The monoisotopic (exact) mass is 390 g/mol. The molecule has 1 amide bonds. The van der Waals surface area contributed by atoms with Crippen molar-refractivity contribution in [3.8, 4) is 5.75 Å². The number of carbonyl (C=O) groups excluding carboxylic acids is 1. The lowest BCUT2D eigenvalue weighted by molar-refractivity contribution is -0.126. The van der Waals surface area contributed by atoms with Gasteiger partial charge in [0.25, 0.3) is 0 Å². The average Bonchev–Trinajstić information content (AvgIpc) is 2.47. The maximum atomic E-state index is 12.3. The molecule has 0 bridgehead atoms. The van der Waals surface area contributed by atoms with Crippen molar-refractivity contribution in [2.24, 2.45) is 11.7 Å². The quantitative estimate of drug-likeness (QED) is 0.824. The molecule has 1 aliphatic rings. The molecule has 0 radical (unpaired) electrons. The Labute approximate surface area is 146 Å². The van der Waals surface area contributed by atoms with E-state index in [1.165, 1.54) is 0 Å². The van der Waals surface area contributed by atoms with E-state index >= 15 is 0 Å². The molecule has 22 heavy (non-hydrogen) atoms. The summed E-state index contributed by atoms with van der Waals surface area (Å²) in [6.45, 7) is 1.99. The molecule has 1 aliphatic carbocycles. The second-order valence-corrected chi connectivity index (χ2v) is 6.60. The van der Waals surface area contributed by atoms with Crippen LogP contribution in [0.5, 0.6) is 5.75 Å². The number of ether oxygens (including phenoxy) is 1. The van der Waals surface area contributed by atoms with Gasteiger partial charge in [0.05, 0.1) is 17.6 Å². The number of methoxy groups -OCH3 is 1. The SMILES string of the molecule is COc1ccc(C(C)NC(=O)C2CCCC(N)C2)cc1Br.Cl. The lowest BCUT2D eigenvalue weighted by Gasteiger charge is -2.27. The number of hydrogen-bond acceptors (Lipinski definition) is 3. The number of nitrogens with two attached hydrogens (primary N) is 1. The smallest absolute Gasteiger partial charge is 0.223 e. The van der Waals surface area contributed by atoms with Crippen LogP contribution in [0.15, 0.2) is 22.7 Å². The van der Waals surface area contributed by atoms with Gasteiger partial charge < -0.3 is 15.8 Å². The van der Waals surface area contributed by atoms with E-state index in [0.717, 1.165) is 41.5 Å². The minimum absolute atomic E-state index is 0. The first kappa shape index (κ1) is 19.3. The summed E-state index contributed by atoms with van der Waals surface area (Å²) >= 11 is 3.47. The summed E-state index contributed by atoms with van der Waals surface area (Å²) in [4.78, 5) is 12.3. The normalized spacial score (nSPS) is 22.4. The fourth-order valence-electron chi connectivity index (χ4n) is 2.83. The molecule has 6 heteroatoms. The molecular weight excluding hydrogens is 368 g/mol. The highest BCUT2D eigenvalue weighted by atomic mass is 79.9. The third-order valence-electron chi connectivity index (χ3n) is 4.12. The first-order valence-corrected chi connectivity index (χ1v) is 8.20. The highest BCUT2D eigenvalue weighted by Gasteiger charge is 2.26. The largest absolute Gasteiger partial charge is 0.496 e. The van der Waals surface area contributed by atoms with E-state index in [4.69, 9.17) is 10.5 Å². The van der Waals surface area contributed by atoms with E-state index in [9.17, 15) is 4.79 Å². The minimum atomic E-state index is -0.0298. The Balaban J connectivity index is 0.00000242. The summed E-state index contributed by atoms with van der Waals surface area (Å²) in [7, 11) is 1.64. The molecule has 0 heterocycles. The molecule has 1 fully saturated rings. The van der Waals surface area contributed by atoms with Gasteiger partial charge in [-0.3, -0.25) is 4.79 Å². The zero-order valence-corrected chi connectivity index (χ0v) is 15.4. The molecule has 3 atom stereocenters. The van der Waals surface area contributed by atoms with Gasteiger partial charge in [0.2, 0.25) is 5.91 Å². The number of halogens is 2. The predicted octanol–water partition coefficient (Wildman–Crippen LogP) is 3.57. The van der Waals surface area contributed by atoms with E-state index in [-0.39, 0.29) is 36.3 Å². The Bertz CT molecular complexity index is 513. The van der Waals surface area contributed by atoms with E-state index in [1.54, 1.807) is 7.11 Å². The number of amides is 1. The van der Waals surface area contributed by atoms with Gasteiger partial charge in [0, 0.05) is 12.0 Å². The van der Waals surface area contributed by atoms with Crippen LogP contribution in [0.2, 0.25) is 0 Å². The van der Waals surface area contributed by atoms with Crippen molar-refractivity contribution in [1.82, 2.24) is 5.32 Å². The molecule has 124 valence electrons. The molecule has 2 rings (SSSR count). The van der Waals surface area contributed by atoms with Crippen LogP contribution in [-0.2, 0) is 4.79 Å². The molecular formula is C16H24BrClN2O2. The highest BCUT2D eigenvalue weighted by molar-refractivity contribution is 9.10. The minimum Gasteiger partial charge on any atom is -0.496 e. The van der Waals surface area contributed by atoms with Crippen LogP contribution in [0.25, 0.3) is 0 Å². The molecule has 1 aromatic rings. The molecule has 3 N–H and O–H groups in total. The molecule has 0 spiro atoms. The second kappa shape index (κ2) is 8.75. The van der Waals surface area contributed by atoms with Crippen molar-refractivity contribution in [2.75, 3.05) is 7.11 Å². The van der Waals surface area contributed by atoms with Crippen molar-refractivity contribution in [1.29, 1.82) is 0 Å². The maximum absolute atomic E-state index is 12.3. The summed E-state index contributed by atoms with van der Waals surface area (Å²) in [5, 5.41) is 3.09. The summed E-state index contributed by atoms with van der Waals surface area (Å²) in [5.41, 5.74) is 7.01. The van der Waals surface area contributed by atoms with Crippen LogP contribution in [0.3, 0.4) is 0 Å². The Morgan fingerprint density at radius 3 is 2.77 bits per heavy atom. The van der Waals surface area contributed by atoms with Gasteiger partial charge >= 0.3 is 0 Å². The van der Waals surface area contributed by atoms with Crippen molar-refractivity contribution in [3.05, 3.63) is 28.2 Å². The standard InChI is InChI=1S/C16H23BrN2O2.ClH/c1-10(11-6-7-15(21-2)14(17)9-11)19-16(20)12-4-3-5-13(18)8-12;/h6-7,9-10,12-13H,3-5,8,18H2,1-2H3,(H,19,20);1H. The Morgan fingerprint density at radius 2 is 2.18 bits per heavy atom. The average molecular weight is 392 g/mol. The topological polar surface area (TPSA) is 64.3 Å². The molecule has 0 aromatic heterocycles. The van der Waals surface area contributed by atoms with Gasteiger partial charge in [-0.15, -0.1) is 12.4 Å². The number of benzene rings is 1. The van der Waals surface area contributed by atoms with E-state index in [0.29, 0.717) is 0 Å². The lowest BCUT2D eigenvalue weighted by atomic mass is 9.85. The Morgan fingerprint density at radius 1 is 1.45 bits per heavy atom. The summed E-state index contributed by atoms with van der Waals surface area (Å²) in [6.07, 6.45) is 3.82. The van der Waals surface area contributed by atoms with Crippen molar-refractivity contribution in [2.45, 2.75) is 44.7 Å². The molecule has 0 saturated heterocycles. The molecule has 1 saturated carbocycles. The van der Waals surface area contributed by atoms with Gasteiger partial charge in [-0.05, 0) is 59.8 Å². The Hall–Kier alpha value is -0.780. The molecule has 0 aliphatic heterocycles. The number of hydrogen-bond donors (Lipinski definition) is 2. The predicted molar refractivity (Wildman–Crippen MR) is 94.4 cm³/mol. The van der Waals surface area contributed by atoms with Gasteiger partial charge in [0.15, 0.2) is 0 Å². The number of nitrogens with one attached hydrogen (secondary N) is 1. The fourth-order valence-corrected chi connectivity index (χ4v) is 3.39.